The molecule has 0 fully saturated rings. The van der Waals surface area contributed by atoms with Crippen LogP contribution in [0.5, 0.6) is 0 Å². The minimum absolute atomic E-state index is 0. The molecule has 60 valence electrons. The van der Waals surface area contributed by atoms with Crippen LogP contribution < -0.4 is 0 Å². The Morgan fingerprint density at radius 3 is 0.273 bits per heavy atom. The first-order valence-corrected chi connectivity index (χ1v) is 0. The summed E-state index contributed by atoms with van der Waals surface area (Å²) in [5, 5.41) is 0. The van der Waals surface area contributed by atoms with E-state index in [4.69, 9.17) is 0 Å². The number of hydrogen-bond donors (Lipinski definition) is 0. The van der Waals surface area contributed by atoms with Gasteiger partial charge in [0.15, 0.2) is 0 Å². The quantitative estimate of drug-likeness (QED) is 0.217. The molecule has 0 aliphatic rings. The molecule has 0 nitrogen and oxygen atoms in total. The van der Waals surface area contributed by atoms with Gasteiger partial charge in [-0.25, -0.2) is 0 Å². The van der Waals surface area contributed by atoms with Gasteiger partial charge in [0.05, 0.1) is 0 Å². The van der Waals surface area contributed by atoms with Crippen molar-refractivity contribution < 1.29 is 0 Å². The monoisotopic (exact) mass is 1130 g/mol. The first-order valence-electron chi connectivity index (χ1n) is 0. The van der Waals surface area contributed by atoms with Crippen molar-refractivity contribution in [2.24, 2.45) is 0 Å². The van der Waals surface area contributed by atoms with Crippen LogP contribution in [-0.2, 0) is 0 Å². The van der Waals surface area contributed by atoms with Gasteiger partial charge in [-0.05, 0) is 0 Å². The van der Waals surface area contributed by atoms with E-state index in [1.807, 2.05) is 0 Å². The molecule has 4 radical (unpaired) electrons. The minimum Gasteiger partial charge on any atom is -2.00 e. The topological polar surface area (TPSA) is 0 Å². The van der Waals surface area contributed by atoms with Gasteiger partial charge in [0.1, 0.15) is 0 Å². The van der Waals surface area contributed by atoms with Gasteiger partial charge in [0, 0.05) is 0 Å². The largest absolute Gasteiger partial charge is 4.00 e. The Hall–Kier alpha value is 6.49. The fraction of sp³-hybridized carbons (Fsp3) is 0. The summed E-state index contributed by atoms with van der Waals surface area (Å²) in [6.45, 7) is 0. The van der Waals surface area contributed by atoms with Crippen molar-refractivity contribution >= 4 is 207 Å². The summed E-state index contributed by atoms with van der Waals surface area (Å²) in [7, 11) is 0. The zero-order chi connectivity index (χ0) is 0. The summed E-state index contributed by atoms with van der Waals surface area (Å²) in [5.41, 5.74) is 0. The zero-order valence-corrected chi connectivity index (χ0v) is 27.9. The fourth-order valence-electron chi connectivity index (χ4n) is 0. The van der Waals surface area contributed by atoms with Crippen molar-refractivity contribution in [3.63, 3.8) is 0 Å². The van der Waals surface area contributed by atoms with Crippen LogP contribution in [0.2, 0.25) is 0 Å². The number of rotatable bonds is 0. The van der Waals surface area contributed by atoms with Gasteiger partial charge in [-0.1, -0.05) is 0 Å². The molecule has 0 unspecified atom stereocenters. The van der Waals surface area contributed by atoms with E-state index in [1.54, 1.807) is 0 Å². The Bertz CT molecular complexity index is 14.4. The molecule has 0 amide bonds. The SMILES string of the molecule is [Bi+3].[Bi+3].[Ge+4].[Ge+4].[Se-2].[Se-2].[Se-2].[Se-2].[Se-2].[Se-2].[Se-2]. The molecule has 11 heteroatoms. The molecular weight excluding hydrogens is 1120 g/mol. The minimum atomic E-state index is 0. The maximum atomic E-state index is 0. The van der Waals surface area contributed by atoms with Crippen molar-refractivity contribution in [3.05, 3.63) is 0 Å². The van der Waals surface area contributed by atoms with Crippen LogP contribution in [0.1, 0.15) is 0 Å². The van der Waals surface area contributed by atoms with Crippen molar-refractivity contribution in [1.82, 2.24) is 0 Å². The predicted octanol–water partition coefficient (Wildman–Crippen LogP) is -4.19. The van der Waals surface area contributed by atoms with Gasteiger partial charge in [0.25, 0.3) is 0 Å². The third kappa shape index (κ3) is 82.2. The van der Waals surface area contributed by atoms with Gasteiger partial charge >= 0.3 is 87.6 Å². The molecule has 0 N–H and O–H groups in total. The van der Waals surface area contributed by atoms with Crippen LogP contribution in [0.25, 0.3) is 0 Å². The first-order chi connectivity index (χ1) is 0. The maximum Gasteiger partial charge on any atom is 4.00 e. The van der Waals surface area contributed by atoms with Gasteiger partial charge in [0.2, 0.25) is 0 Å². The average molecular weight is 1120 g/mol. The summed E-state index contributed by atoms with van der Waals surface area (Å²) in [4.78, 5) is 0. The molecular formula is Bi2Ge2Se7. The zero-order valence-electron chi connectivity index (χ0n) is 4.75. The van der Waals surface area contributed by atoms with Crippen molar-refractivity contribution in [2.45, 2.75) is 0 Å². The van der Waals surface area contributed by atoms with E-state index in [1.165, 1.54) is 0 Å². The smallest absolute Gasteiger partial charge is 2.00 e. The Kier molecular flexibility index (Phi) is 965. The first kappa shape index (κ1) is 113. The van der Waals surface area contributed by atoms with Crippen molar-refractivity contribution in [3.8, 4) is 0 Å². The average Bonchev–Trinajstić information content (AvgIpc) is 0. The van der Waals surface area contributed by atoms with E-state index in [9.17, 15) is 0 Å². The van der Waals surface area contributed by atoms with Crippen LogP contribution in [0, 0.1) is 0 Å². The molecule has 0 rings (SSSR count). The van der Waals surface area contributed by atoms with Crippen molar-refractivity contribution in [2.75, 3.05) is 0 Å². The van der Waals surface area contributed by atoms with Crippen LogP contribution in [0.15, 0.2) is 0 Å². The molecule has 0 atom stereocenters. The second-order valence-corrected chi connectivity index (χ2v) is 0. The van der Waals surface area contributed by atoms with E-state index >= 15 is 0 Å². The third-order valence-electron chi connectivity index (χ3n) is 0. The second-order valence-electron chi connectivity index (χ2n) is 0. The Morgan fingerprint density at radius 1 is 0.273 bits per heavy atom. The van der Waals surface area contributed by atoms with Gasteiger partial charge < -0.3 is 119 Å². The summed E-state index contributed by atoms with van der Waals surface area (Å²) < 4.78 is 0. The second kappa shape index (κ2) is 94.0. The van der Waals surface area contributed by atoms with Gasteiger partial charge in [-0.3, -0.25) is 0 Å². The van der Waals surface area contributed by atoms with E-state index in [0.29, 0.717) is 0 Å². The normalized spacial score (nSPS) is 0. The molecule has 0 aromatic carbocycles. The van der Waals surface area contributed by atoms with E-state index < -0.39 is 0 Å². The molecule has 0 bridgehead atoms. The molecule has 0 saturated carbocycles. The van der Waals surface area contributed by atoms with E-state index in [0.717, 1.165) is 0 Å². The molecule has 0 aliphatic heterocycles. The van der Waals surface area contributed by atoms with Crippen LogP contribution >= 0.6 is 0 Å². The summed E-state index contributed by atoms with van der Waals surface area (Å²) >= 11 is 0. The van der Waals surface area contributed by atoms with Crippen molar-refractivity contribution in [1.29, 1.82) is 0 Å². The van der Waals surface area contributed by atoms with Gasteiger partial charge in [-0.15, -0.1) is 0 Å². The van der Waals surface area contributed by atoms with E-state index in [-0.39, 0.29) is 207 Å². The summed E-state index contributed by atoms with van der Waals surface area (Å²) in [6, 6.07) is 0. The molecule has 0 aliphatic carbocycles. The molecule has 0 spiro atoms. The molecule has 0 aromatic rings. The number of hydrogen-bond acceptors (Lipinski definition) is 0. The van der Waals surface area contributed by atoms with E-state index in [2.05, 4.69) is 0 Å². The van der Waals surface area contributed by atoms with Crippen LogP contribution in [0.3, 0.4) is 0 Å². The Balaban J connectivity index is 0. The maximum absolute atomic E-state index is 0. The van der Waals surface area contributed by atoms with Crippen LogP contribution in [-0.4, -0.2) is 207 Å². The van der Waals surface area contributed by atoms with Crippen LogP contribution in [0.4, 0.5) is 0 Å². The summed E-state index contributed by atoms with van der Waals surface area (Å²) in [6.07, 6.45) is 0. The molecule has 0 aromatic heterocycles. The molecule has 0 heterocycles. The fourth-order valence-corrected chi connectivity index (χ4v) is 0. The van der Waals surface area contributed by atoms with Gasteiger partial charge in [-0.2, -0.15) is 0 Å². The Labute approximate surface area is 202 Å². The standard InChI is InChI=1S/2Bi.2Ge.7Se/q2*+3;2*+4;7*-2. The molecule has 11 heavy (non-hydrogen) atoms. The Morgan fingerprint density at radius 2 is 0.273 bits per heavy atom. The summed E-state index contributed by atoms with van der Waals surface area (Å²) in [5.74, 6) is 0. The predicted molar refractivity (Wildman–Crippen MR) is 63.3 cm³/mol. The third-order valence-corrected chi connectivity index (χ3v) is 0. The molecule has 0 saturated heterocycles.